The minimum Gasteiger partial charge on any atom is -0.478 e. The van der Waals surface area contributed by atoms with Crippen LogP contribution in [0.1, 0.15) is 10.4 Å². The minimum atomic E-state index is -1.51. The number of hydrogen-bond donors (Lipinski definition) is 1. The maximum absolute atomic E-state index is 11.6. The molecule has 30 heavy (non-hydrogen) atoms. The number of piperazine rings is 1. The maximum Gasteiger partial charge on any atom is 0.338 e. The van der Waals surface area contributed by atoms with Gasteiger partial charge in [-0.05, 0) is 12.1 Å². The van der Waals surface area contributed by atoms with Crippen LogP contribution >= 0.6 is 0 Å². The van der Waals surface area contributed by atoms with Crippen LogP contribution in [0.3, 0.4) is 0 Å². The molecule has 0 aromatic heterocycles. The third kappa shape index (κ3) is 3.94. The molecular weight excluding hydrogens is 402 g/mol. The number of nitro benzene ring substituents is 3. The van der Waals surface area contributed by atoms with Gasteiger partial charge in [0.25, 0.3) is 17.1 Å². The molecule has 1 fully saturated rings. The number of carboxylic acid groups (broad SMARTS) is 1. The largest absolute Gasteiger partial charge is 0.478 e. The van der Waals surface area contributed by atoms with Crippen LogP contribution in [0.5, 0.6) is 0 Å². The highest BCUT2D eigenvalue weighted by Crippen LogP contribution is 2.37. The van der Waals surface area contributed by atoms with E-state index < -0.39 is 37.7 Å². The first-order valence-electron chi connectivity index (χ1n) is 8.63. The zero-order valence-electron chi connectivity index (χ0n) is 15.3. The van der Waals surface area contributed by atoms with Gasteiger partial charge in [-0.1, -0.05) is 0 Å². The third-order valence-electron chi connectivity index (χ3n) is 4.73. The summed E-state index contributed by atoms with van der Waals surface area (Å²) >= 11 is 0. The summed E-state index contributed by atoms with van der Waals surface area (Å²) in [6.07, 6.45) is 0. The molecule has 1 N–H and O–H groups in total. The van der Waals surface area contributed by atoms with E-state index in [1.165, 1.54) is 17.0 Å². The fourth-order valence-electron chi connectivity index (χ4n) is 3.32. The normalized spacial score (nSPS) is 13.7. The molecule has 156 valence electrons. The molecule has 1 aliphatic rings. The van der Waals surface area contributed by atoms with Gasteiger partial charge < -0.3 is 14.9 Å². The molecule has 3 rings (SSSR count). The molecule has 13 nitrogen and oxygen atoms in total. The van der Waals surface area contributed by atoms with Gasteiger partial charge in [0.05, 0.1) is 26.4 Å². The molecule has 0 bridgehead atoms. The van der Waals surface area contributed by atoms with Crippen molar-refractivity contribution in [2.45, 2.75) is 0 Å². The Morgan fingerprint density at radius 3 is 1.80 bits per heavy atom. The lowest BCUT2D eigenvalue weighted by Crippen LogP contribution is -2.47. The number of carboxylic acids is 1. The number of aromatic carboxylic acids is 1. The van der Waals surface area contributed by atoms with Crippen LogP contribution < -0.4 is 9.80 Å². The average molecular weight is 417 g/mol. The van der Waals surface area contributed by atoms with E-state index in [-0.39, 0.29) is 24.5 Å². The van der Waals surface area contributed by atoms with E-state index in [1.54, 1.807) is 12.1 Å². The number of anilines is 2. The smallest absolute Gasteiger partial charge is 0.338 e. The van der Waals surface area contributed by atoms with Crippen molar-refractivity contribution in [3.05, 3.63) is 72.3 Å². The summed E-state index contributed by atoms with van der Waals surface area (Å²) in [5, 5.41) is 42.8. The maximum atomic E-state index is 11.6. The Morgan fingerprint density at radius 2 is 1.33 bits per heavy atom. The highest BCUT2D eigenvalue weighted by Gasteiger charge is 2.32. The number of carbonyl (C=O) groups is 1. The summed E-state index contributed by atoms with van der Waals surface area (Å²) in [5.74, 6) is -1.51. The fraction of sp³-hybridized carbons (Fsp3) is 0.235. The van der Waals surface area contributed by atoms with Gasteiger partial charge >= 0.3 is 5.97 Å². The van der Waals surface area contributed by atoms with Gasteiger partial charge in [0.1, 0.15) is 5.69 Å². The van der Waals surface area contributed by atoms with E-state index in [1.807, 2.05) is 4.90 Å². The van der Waals surface area contributed by atoms with Gasteiger partial charge in [-0.25, -0.2) is 4.79 Å². The molecule has 13 heteroatoms. The molecule has 2 aromatic rings. The van der Waals surface area contributed by atoms with Crippen molar-refractivity contribution in [2.24, 2.45) is 0 Å². The van der Waals surface area contributed by atoms with Crippen LogP contribution in [0.2, 0.25) is 0 Å². The van der Waals surface area contributed by atoms with Gasteiger partial charge in [0.15, 0.2) is 0 Å². The van der Waals surface area contributed by atoms with E-state index >= 15 is 0 Å². The highest BCUT2D eigenvalue weighted by molar-refractivity contribution is 5.98. The molecular formula is C17H15N5O8. The zero-order valence-corrected chi connectivity index (χ0v) is 15.3. The second-order valence-corrected chi connectivity index (χ2v) is 6.43. The van der Waals surface area contributed by atoms with Crippen LogP contribution in [-0.4, -0.2) is 52.0 Å². The van der Waals surface area contributed by atoms with Gasteiger partial charge in [-0.15, -0.1) is 0 Å². The van der Waals surface area contributed by atoms with Crippen LogP contribution in [-0.2, 0) is 0 Å². The minimum absolute atomic E-state index is 0.0509. The molecule has 0 atom stereocenters. The molecule has 1 heterocycles. The zero-order chi connectivity index (χ0) is 22.0. The second-order valence-electron chi connectivity index (χ2n) is 6.43. The molecule has 1 saturated heterocycles. The first-order valence-corrected chi connectivity index (χ1v) is 8.63. The summed E-state index contributed by atoms with van der Waals surface area (Å²) in [7, 11) is 0. The lowest BCUT2D eigenvalue weighted by atomic mass is 10.1. The van der Waals surface area contributed by atoms with E-state index in [9.17, 15) is 40.2 Å². The number of benzene rings is 2. The number of non-ortho nitro benzene ring substituents is 2. The van der Waals surface area contributed by atoms with E-state index in [0.717, 1.165) is 17.8 Å². The standard InChI is InChI=1S/C17H15N5O8/c23-17(24)14-9-13(21(27)28)10-15(22(29)30)16(14)19-7-5-18(6-8-19)11-1-3-12(4-2-11)20(25)26/h1-4,9-10H,5-8H2,(H,23,24). The number of nitro groups is 3. The van der Waals surface area contributed by atoms with Crippen LogP contribution in [0.4, 0.5) is 28.4 Å². The van der Waals surface area contributed by atoms with E-state index in [2.05, 4.69) is 0 Å². The Bertz CT molecular complexity index is 996. The average Bonchev–Trinajstić information content (AvgIpc) is 2.72. The summed E-state index contributed by atoms with van der Waals surface area (Å²) in [6, 6.07) is 7.48. The number of hydrogen-bond acceptors (Lipinski definition) is 9. The number of rotatable bonds is 6. The predicted molar refractivity (Wildman–Crippen MR) is 104 cm³/mol. The Morgan fingerprint density at radius 1 is 0.800 bits per heavy atom. The molecule has 0 saturated carbocycles. The van der Waals surface area contributed by atoms with Crippen molar-refractivity contribution in [1.29, 1.82) is 0 Å². The number of nitrogens with zero attached hydrogens (tertiary/aromatic N) is 5. The summed E-state index contributed by atoms with van der Waals surface area (Å²) in [4.78, 5) is 46.1. The Balaban J connectivity index is 1.89. The fourth-order valence-corrected chi connectivity index (χ4v) is 3.32. The highest BCUT2D eigenvalue weighted by atomic mass is 16.6. The molecule has 0 amide bonds. The predicted octanol–water partition coefficient (Wildman–Crippen LogP) is 2.44. The van der Waals surface area contributed by atoms with Gasteiger partial charge in [0.2, 0.25) is 0 Å². The summed E-state index contributed by atoms with van der Waals surface area (Å²) in [5.41, 5.74) is -1.35. The third-order valence-corrected chi connectivity index (χ3v) is 4.73. The van der Waals surface area contributed by atoms with Gasteiger partial charge in [-0.3, -0.25) is 30.3 Å². The van der Waals surface area contributed by atoms with Crippen LogP contribution in [0, 0.1) is 30.3 Å². The molecule has 1 aliphatic heterocycles. The molecule has 2 aromatic carbocycles. The van der Waals surface area contributed by atoms with E-state index in [4.69, 9.17) is 0 Å². The molecule has 0 radical (unpaired) electrons. The van der Waals surface area contributed by atoms with Crippen molar-refractivity contribution in [3.63, 3.8) is 0 Å². The van der Waals surface area contributed by atoms with E-state index in [0.29, 0.717) is 13.1 Å². The van der Waals surface area contributed by atoms with Gasteiger partial charge in [-0.2, -0.15) is 0 Å². The van der Waals surface area contributed by atoms with Gasteiger partial charge in [0, 0.05) is 50.1 Å². The van der Waals surface area contributed by atoms with Crippen molar-refractivity contribution in [3.8, 4) is 0 Å². The SMILES string of the molecule is O=C(O)c1cc([N+](=O)[O-])cc([N+](=O)[O-])c1N1CCN(c2ccc([N+](=O)[O-])cc2)CC1. The van der Waals surface area contributed by atoms with Crippen LogP contribution in [0.15, 0.2) is 36.4 Å². The molecule has 0 spiro atoms. The Labute approximate surface area is 168 Å². The van der Waals surface area contributed by atoms with Crippen molar-refractivity contribution in [1.82, 2.24) is 0 Å². The summed E-state index contributed by atoms with van der Waals surface area (Å²) in [6.45, 7) is 1.17. The monoisotopic (exact) mass is 417 g/mol. The Hall–Kier alpha value is -4.29. The molecule has 0 aliphatic carbocycles. The van der Waals surface area contributed by atoms with Crippen molar-refractivity contribution in [2.75, 3.05) is 36.0 Å². The summed E-state index contributed by atoms with van der Waals surface area (Å²) < 4.78 is 0. The van der Waals surface area contributed by atoms with Crippen molar-refractivity contribution >= 4 is 34.4 Å². The second kappa shape index (κ2) is 7.98. The topological polar surface area (TPSA) is 173 Å². The van der Waals surface area contributed by atoms with Crippen LogP contribution in [0.25, 0.3) is 0 Å². The first-order chi connectivity index (χ1) is 14.2. The Kier molecular flexibility index (Phi) is 5.44. The lowest BCUT2D eigenvalue weighted by molar-refractivity contribution is -0.393. The molecule has 0 unspecified atom stereocenters. The van der Waals surface area contributed by atoms with Crippen molar-refractivity contribution < 1.29 is 24.7 Å². The lowest BCUT2D eigenvalue weighted by Gasteiger charge is -2.37. The first kappa shape index (κ1) is 20.4. The quantitative estimate of drug-likeness (QED) is 0.543.